The van der Waals surface area contributed by atoms with Gasteiger partial charge in [-0.3, -0.25) is 10.1 Å². The van der Waals surface area contributed by atoms with Gasteiger partial charge in [-0.2, -0.15) is 0 Å². The summed E-state index contributed by atoms with van der Waals surface area (Å²) in [5, 5.41) is 20.6. The van der Waals surface area contributed by atoms with Gasteiger partial charge in [-0.05, 0) is 37.5 Å². The first-order chi connectivity index (χ1) is 17.9. The van der Waals surface area contributed by atoms with Crippen molar-refractivity contribution < 1.29 is 37.1 Å². The average Bonchev–Trinajstić information content (AvgIpc) is 3.33. The fraction of sp³-hybridized carbons (Fsp3) is 0.320. The number of amides is 2. The maximum Gasteiger partial charge on any atom is 0.412 e. The van der Waals surface area contributed by atoms with Gasteiger partial charge >= 0.3 is 6.09 Å². The first-order valence-corrected chi connectivity index (χ1v) is 11.6. The standard InChI is InChI=1S/C25H27F3N4O5/c26-18-7-3-5-16(11-18)21-12-22(32-37-21)31-25(35)36-15-19(8-1-2-10-33)30-23(34)14-29-13-17-6-4-9-20(27)24(17)28/h3-7,9,11-12,19,29,33H,1-2,8,10,13-15H2,(H,30,34)(H,31,32,35)/t19-/m0/s1. The molecule has 0 fully saturated rings. The van der Waals surface area contributed by atoms with Gasteiger partial charge in [0.15, 0.2) is 23.2 Å². The third-order valence-corrected chi connectivity index (χ3v) is 5.22. The summed E-state index contributed by atoms with van der Waals surface area (Å²) in [5.41, 5.74) is 0.523. The molecule has 12 heteroatoms. The number of benzene rings is 2. The highest BCUT2D eigenvalue weighted by Gasteiger charge is 2.17. The van der Waals surface area contributed by atoms with Crippen LogP contribution in [0.5, 0.6) is 0 Å². The van der Waals surface area contributed by atoms with Crippen molar-refractivity contribution in [2.75, 3.05) is 25.1 Å². The van der Waals surface area contributed by atoms with Gasteiger partial charge in [-0.1, -0.05) is 29.4 Å². The highest BCUT2D eigenvalue weighted by molar-refractivity contribution is 5.84. The number of unbranched alkanes of at least 4 members (excludes halogenated alkanes) is 1. The van der Waals surface area contributed by atoms with Gasteiger partial charge in [0, 0.05) is 30.3 Å². The van der Waals surface area contributed by atoms with Gasteiger partial charge in [-0.25, -0.2) is 18.0 Å². The van der Waals surface area contributed by atoms with E-state index < -0.39 is 35.5 Å². The number of ether oxygens (including phenoxy) is 1. The third kappa shape index (κ3) is 8.92. The Labute approximate surface area is 211 Å². The van der Waals surface area contributed by atoms with Gasteiger partial charge in [0.05, 0.1) is 12.6 Å². The summed E-state index contributed by atoms with van der Waals surface area (Å²) >= 11 is 0. The fourth-order valence-corrected chi connectivity index (χ4v) is 3.40. The molecular formula is C25H27F3N4O5. The molecule has 3 aromatic rings. The van der Waals surface area contributed by atoms with Crippen LogP contribution in [0.4, 0.5) is 23.8 Å². The van der Waals surface area contributed by atoms with Gasteiger partial charge in [0.2, 0.25) is 5.91 Å². The lowest BCUT2D eigenvalue weighted by atomic mass is 10.1. The van der Waals surface area contributed by atoms with E-state index in [1.54, 1.807) is 6.07 Å². The van der Waals surface area contributed by atoms with Crippen molar-refractivity contribution >= 4 is 17.8 Å². The maximum absolute atomic E-state index is 13.7. The lowest BCUT2D eigenvalue weighted by Gasteiger charge is -2.19. The number of aliphatic hydroxyl groups excluding tert-OH is 1. The Bertz CT molecular complexity index is 1190. The number of nitrogens with zero attached hydrogens (tertiary/aromatic N) is 1. The van der Waals surface area contributed by atoms with Crippen molar-refractivity contribution in [2.24, 2.45) is 0 Å². The monoisotopic (exact) mass is 520 g/mol. The van der Waals surface area contributed by atoms with E-state index in [1.807, 2.05) is 0 Å². The molecule has 198 valence electrons. The molecule has 0 unspecified atom stereocenters. The zero-order valence-corrected chi connectivity index (χ0v) is 19.8. The lowest BCUT2D eigenvalue weighted by Crippen LogP contribution is -2.43. The molecule has 0 saturated heterocycles. The number of halogens is 3. The van der Waals surface area contributed by atoms with E-state index in [1.165, 1.54) is 36.4 Å². The predicted octanol–water partition coefficient (Wildman–Crippen LogP) is 3.74. The molecule has 2 amide bonds. The second kappa shape index (κ2) is 14.0. The minimum absolute atomic E-state index is 0.0252. The minimum Gasteiger partial charge on any atom is -0.447 e. The molecule has 37 heavy (non-hydrogen) atoms. The lowest BCUT2D eigenvalue weighted by molar-refractivity contribution is -0.121. The summed E-state index contributed by atoms with van der Waals surface area (Å²) < 4.78 is 50.7. The molecule has 0 bridgehead atoms. The minimum atomic E-state index is -0.980. The highest BCUT2D eigenvalue weighted by atomic mass is 19.2. The summed E-state index contributed by atoms with van der Waals surface area (Å²) in [4.78, 5) is 24.5. The first kappa shape index (κ1) is 27.7. The number of carbonyl (C=O) groups is 2. The van der Waals surface area contributed by atoms with Gasteiger partial charge < -0.3 is 25.0 Å². The Morgan fingerprint density at radius 3 is 2.68 bits per heavy atom. The summed E-state index contributed by atoms with van der Waals surface area (Å²) in [7, 11) is 0. The smallest absolute Gasteiger partial charge is 0.412 e. The van der Waals surface area contributed by atoms with Crippen molar-refractivity contribution in [3.63, 3.8) is 0 Å². The summed E-state index contributed by atoms with van der Waals surface area (Å²) in [6.07, 6.45) is 0.637. The Balaban J connectivity index is 1.47. The molecular weight excluding hydrogens is 493 g/mol. The van der Waals surface area contributed by atoms with E-state index in [9.17, 15) is 22.8 Å². The van der Waals surface area contributed by atoms with Crippen LogP contribution in [-0.2, 0) is 16.1 Å². The van der Waals surface area contributed by atoms with Crippen molar-refractivity contribution in [3.05, 3.63) is 71.5 Å². The Morgan fingerprint density at radius 1 is 1.08 bits per heavy atom. The van der Waals surface area contributed by atoms with Gasteiger partial charge in [0.1, 0.15) is 12.4 Å². The number of rotatable bonds is 13. The van der Waals surface area contributed by atoms with Gasteiger partial charge in [0.25, 0.3) is 0 Å². The van der Waals surface area contributed by atoms with E-state index in [0.29, 0.717) is 24.8 Å². The number of hydrogen-bond donors (Lipinski definition) is 4. The number of aromatic nitrogens is 1. The Morgan fingerprint density at radius 2 is 1.89 bits per heavy atom. The van der Waals surface area contributed by atoms with Crippen molar-refractivity contribution in [1.82, 2.24) is 15.8 Å². The van der Waals surface area contributed by atoms with Crippen molar-refractivity contribution in [2.45, 2.75) is 31.8 Å². The second-order valence-corrected chi connectivity index (χ2v) is 8.11. The SMILES string of the molecule is O=C(CNCc1cccc(F)c1F)N[C@@H](CCCCO)COC(=O)Nc1cc(-c2cccc(F)c2)on1. The molecule has 2 aromatic carbocycles. The van der Waals surface area contributed by atoms with Crippen molar-refractivity contribution in [1.29, 1.82) is 0 Å². The third-order valence-electron chi connectivity index (χ3n) is 5.22. The number of aliphatic hydroxyl groups is 1. The summed E-state index contributed by atoms with van der Waals surface area (Å²) in [6.45, 7) is -0.431. The average molecular weight is 521 g/mol. The molecule has 0 radical (unpaired) electrons. The Kier molecular flexibility index (Phi) is 10.5. The van der Waals surface area contributed by atoms with E-state index in [0.717, 1.165) is 6.07 Å². The predicted molar refractivity (Wildman–Crippen MR) is 128 cm³/mol. The summed E-state index contributed by atoms with van der Waals surface area (Å²) in [5.74, 6) is -2.54. The van der Waals surface area contributed by atoms with Crippen LogP contribution < -0.4 is 16.0 Å². The van der Waals surface area contributed by atoms with Crippen LogP contribution >= 0.6 is 0 Å². The zero-order valence-electron chi connectivity index (χ0n) is 19.8. The first-order valence-electron chi connectivity index (χ1n) is 11.6. The Hall–Kier alpha value is -3.90. The molecule has 0 saturated carbocycles. The topological polar surface area (TPSA) is 126 Å². The van der Waals surface area contributed by atoms with Crippen LogP contribution in [0.1, 0.15) is 24.8 Å². The fourth-order valence-electron chi connectivity index (χ4n) is 3.40. The highest BCUT2D eigenvalue weighted by Crippen LogP contribution is 2.23. The molecule has 0 aliphatic heterocycles. The summed E-state index contributed by atoms with van der Waals surface area (Å²) in [6, 6.07) is 10.3. The zero-order chi connectivity index (χ0) is 26.6. The van der Waals surface area contributed by atoms with Crippen LogP contribution in [0.25, 0.3) is 11.3 Å². The largest absolute Gasteiger partial charge is 0.447 e. The molecule has 3 rings (SSSR count). The van der Waals surface area contributed by atoms with Crippen LogP contribution in [0.2, 0.25) is 0 Å². The quantitative estimate of drug-likeness (QED) is 0.253. The number of anilines is 1. The molecule has 0 spiro atoms. The molecule has 9 nitrogen and oxygen atoms in total. The van der Waals surface area contributed by atoms with E-state index in [4.69, 9.17) is 14.4 Å². The molecule has 4 N–H and O–H groups in total. The maximum atomic E-state index is 13.7. The van der Waals surface area contributed by atoms with E-state index >= 15 is 0 Å². The molecule has 1 aromatic heterocycles. The normalized spacial score (nSPS) is 11.7. The van der Waals surface area contributed by atoms with Crippen molar-refractivity contribution in [3.8, 4) is 11.3 Å². The molecule has 0 aliphatic rings. The van der Waals surface area contributed by atoms with Crippen LogP contribution in [0.15, 0.2) is 53.1 Å². The number of hydrogen-bond acceptors (Lipinski definition) is 7. The van der Waals surface area contributed by atoms with Gasteiger partial charge in [-0.15, -0.1) is 0 Å². The number of nitrogens with one attached hydrogen (secondary N) is 3. The number of carbonyl (C=O) groups excluding carboxylic acids is 2. The van der Waals surface area contributed by atoms with Crippen LogP contribution in [0, 0.1) is 17.5 Å². The van der Waals surface area contributed by atoms with Crippen LogP contribution in [0.3, 0.4) is 0 Å². The van der Waals surface area contributed by atoms with E-state index in [-0.39, 0.29) is 43.4 Å². The second-order valence-electron chi connectivity index (χ2n) is 8.11. The molecule has 0 aliphatic carbocycles. The molecule has 1 heterocycles. The van der Waals surface area contributed by atoms with E-state index in [2.05, 4.69) is 21.1 Å². The van der Waals surface area contributed by atoms with Crippen LogP contribution in [-0.4, -0.2) is 48.1 Å². The molecule has 1 atom stereocenters.